The van der Waals surface area contributed by atoms with E-state index in [-0.39, 0.29) is 11.9 Å². The average Bonchev–Trinajstić information content (AvgIpc) is 3.07. The van der Waals surface area contributed by atoms with Gasteiger partial charge in [-0.15, -0.1) is 22.7 Å². The first-order valence-electron chi connectivity index (χ1n) is 7.10. The molecule has 114 valence electrons. The maximum Gasteiger partial charge on any atom is 0.261 e. The van der Waals surface area contributed by atoms with Crippen LogP contribution in [-0.4, -0.2) is 31.4 Å². The van der Waals surface area contributed by atoms with Crippen molar-refractivity contribution < 1.29 is 4.79 Å². The van der Waals surface area contributed by atoms with Crippen LogP contribution in [0.5, 0.6) is 0 Å². The fourth-order valence-electron chi connectivity index (χ4n) is 2.28. The SMILES string of the molecule is CCc1cc(C(=O)NC[C@@H](c2cccs2)N(C)C)sc1C. The number of carbonyl (C=O) groups excluding carboxylic acids is 1. The van der Waals surface area contributed by atoms with E-state index in [1.165, 1.54) is 15.3 Å². The van der Waals surface area contributed by atoms with Gasteiger partial charge in [0.05, 0.1) is 10.9 Å². The zero-order chi connectivity index (χ0) is 15.4. The lowest BCUT2D eigenvalue weighted by molar-refractivity contribution is 0.0946. The monoisotopic (exact) mass is 322 g/mol. The molecule has 0 aliphatic rings. The van der Waals surface area contributed by atoms with Crippen LogP contribution >= 0.6 is 22.7 Å². The van der Waals surface area contributed by atoms with Crippen LogP contribution in [0.2, 0.25) is 0 Å². The summed E-state index contributed by atoms with van der Waals surface area (Å²) in [6.45, 7) is 4.83. The van der Waals surface area contributed by atoms with Gasteiger partial charge in [0.1, 0.15) is 0 Å². The molecule has 2 aromatic rings. The van der Waals surface area contributed by atoms with Gasteiger partial charge in [-0.1, -0.05) is 13.0 Å². The Hall–Kier alpha value is -1.17. The maximum atomic E-state index is 12.3. The Kier molecular flexibility index (Phi) is 5.56. The Balaban J connectivity index is 2.02. The van der Waals surface area contributed by atoms with Crippen LogP contribution < -0.4 is 5.32 Å². The van der Waals surface area contributed by atoms with E-state index in [4.69, 9.17) is 0 Å². The molecule has 5 heteroatoms. The van der Waals surface area contributed by atoms with E-state index in [0.717, 1.165) is 11.3 Å². The Bertz CT molecular complexity index is 587. The van der Waals surface area contributed by atoms with Gasteiger partial charge in [0.25, 0.3) is 5.91 Å². The van der Waals surface area contributed by atoms with Gasteiger partial charge in [-0.25, -0.2) is 0 Å². The first-order chi connectivity index (χ1) is 10.0. The summed E-state index contributed by atoms with van der Waals surface area (Å²) in [5.41, 5.74) is 1.27. The van der Waals surface area contributed by atoms with Crippen LogP contribution in [-0.2, 0) is 6.42 Å². The van der Waals surface area contributed by atoms with E-state index in [0.29, 0.717) is 6.54 Å². The normalized spacial score (nSPS) is 12.6. The molecule has 0 radical (unpaired) electrons. The molecule has 0 aliphatic carbocycles. The number of hydrogen-bond donors (Lipinski definition) is 1. The molecule has 0 aliphatic heterocycles. The second-order valence-electron chi connectivity index (χ2n) is 5.25. The summed E-state index contributed by atoms with van der Waals surface area (Å²) >= 11 is 3.31. The lowest BCUT2D eigenvalue weighted by atomic mass is 10.2. The van der Waals surface area contributed by atoms with Crippen molar-refractivity contribution in [2.45, 2.75) is 26.3 Å². The van der Waals surface area contributed by atoms with Crippen molar-refractivity contribution >= 4 is 28.6 Å². The van der Waals surface area contributed by atoms with Crippen LogP contribution in [0.4, 0.5) is 0 Å². The summed E-state index contributed by atoms with van der Waals surface area (Å²) in [7, 11) is 4.09. The number of hydrogen-bond acceptors (Lipinski definition) is 4. The zero-order valence-corrected chi connectivity index (χ0v) is 14.6. The number of rotatable bonds is 6. The molecule has 2 rings (SSSR count). The van der Waals surface area contributed by atoms with Gasteiger partial charge in [0.2, 0.25) is 0 Å². The summed E-state index contributed by atoms with van der Waals surface area (Å²) in [5, 5.41) is 5.14. The molecule has 2 aromatic heterocycles. The molecule has 1 N–H and O–H groups in total. The average molecular weight is 322 g/mol. The second-order valence-corrected chi connectivity index (χ2v) is 7.49. The third-order valence-electron chi connectivity index (χ3n) is 3.58. The van der Waals surface area contributed by atoms with Gasteiger partial charge in [0.15, 0.2) is 0 Å². The highest BCUT2D eigenvalue weighted by Crippen LogP contribution is 2.24. The molecule has 0 spiro atoms. The summed E-state index contributed by atoms with van der Waals surface area (Å²) in [4.78, 5) is 17.8. The maximum absolute atomic E-state index is 12.3. The molecule has 0 unspecified atom stereocenters. The van der Waals surface area contributed by atoms with Gasteiger partial charge in [0, 0.05) is 16.3 Å². The molecule has 21 heavy (non-hydrogen) atoms. The smallest absolute Gasteiger partial charge is 0.261 e. The number of aryl methyl sites for hydroxylation is 2. The van der Waals surface area contributed by atoms with E-state index in [2.05, 4.69) is 41.6 Å². The Morgan fingerprint density at radius 3 is 2.71 bits per heavy atom. The Labute approximate surface area is 134 Å². The number of amides is 1. The molecule has 0 aromatic carbocycles. The van der Waals surface area contributed by atoms with Gasteiger partial charge in [-0.2, -0.15) is 0 Å². The molecule has 0 saturated heterocycles. The van der Waals surface area contributed by atoms with Gasteiger partial charge in [-0.05, 0) is 50.5 Å². The Morgan fingerprint density at radius 1 is 1.43 bits per heavy atom. The molecule has 0 bridgehead atoms. The highest BCUT2D eigenvalue weighted by atomic mass is 32.1. The van der Waals surface area contributed by atoms with Crippen LogP contribution in [0.15, 0.2) is 23.6 Å². The topological polar surface area (TPSA) is 32.3 Å². The molecular formula is C16H22N2OS2. The van der Waals surface area contributed by atoms with Crippen molar-refractivity contribution in [2.24, 2.45) is 0 Å². The molecule has 2 heterocycles. The first kappa shape index (κ1) is 16.2. The number of thiophene rings is 2. The highest BCUT2D eigenvalue weighted by Gasteiger charge is 2.18. The minimum Gasteiger partial charge on any atom is -0.349 e. The van der Waals surface area contributed by atoms with Crippen molar-refractivity contribution in [1.29, 1.82) is 0 Å². The third kappa shape index (κ3) is 3.93. The van der Waals surface area contributed by atoms with E-state index in [1.54, 1.807) is 22.7 Å². The first-order valence-corrected chi connectivity index (χ1v) is 8.79. The molecule has 3 nitrogen and oxygen atoms in total. The minimum atomic E-state index is 0.0335. The van der Waals surface area contributed by atoms with E-state index in [9.17, 15) is 4.79 Å². The summed E-state index contributed by atoms with van der Waals surface area (Å²) in [6, 6.07) is 6.41. The van der Waals surface area contributed by atoms with Crippen molar-refractivity contribution in [1.82, 2.24) is 10.2 Å². The number of carbonyl (C=O) groups is 1. The van der Waals surface area contributed by atoms with Crippen molar-refractivity contribution in [2.75, 3.05) is 20.6 Å². The number of likely N-dealkylation sites (N-methyl/N-ethyl adjacent to an activating group) is 1. The van der Waals surface area contributed by atoms with E-state index < -0.39 is 0 Å². The van der Waals surface area contributed by atoms with Crippen LogP contribution in [0.3, 0.4) is 0 Å². The van der Waals surface area contributed by atoms with E-state index >= 15 is 0 Å². The highest BCUT2D eigenvalue weighted by molar-refractivity contribution is 7.14. The second kappa shape index (κ2) is 7.20. The van der Waals surface area contributed by atoms with E-state index in [1.807, 2.05) is 20.2 Å². The molecule has 0 saturated carbocycles. The zero-order valence-electron chi connectivity index (χ0n) is 13.0. The largest absolute Gasteiger partial charge is 0.349 e. The van der Waals surface area contributed by atoms with Gasteiger partial charge in [-0.3, -0.25) is 4.79 Å². The molecule has 1 atom stereocenters. The lowest BCUT2D eigenvalue weighted by Crippen LogP contribution is -2.33. The van der Waals surface area contributed by atoms with Crippen molar-refractivity contribution in [3.8, 4) is 0 Å². The minimum absolute atomic E-state index is 0.0335. The fraction of sp³-hybridized carbons (Fsp3) is 0.438. The lowest BCUT2D eigenvalue weighted by Gasteiger charge is -2.23. The predicted octanol–water partition coefficient (Wildman–Crippen LogP) is 3.71. The van der Waals surface area contributed by atoms with Crippen molar-refractivity contribution in [3.63, 3.8) is 0 Å². The van der Waals surface area contributed by atoms with Crippen molar-refractivity contribution in [3.05, 3.63) is 43.8 Å². The molecule has 0 fully saturated rings. The summed E-state index contributed by atoms with van der Waals surface area (Å²) in [5.74, 6) is 0.0335. The number of nitrogens with zero attached hydrogens (tertiary/aromatic N) is 1. The van der Waals surface area contributed by atoms with Crippen LogP contribution in [0.25, 0.3) is 0 Å². The van der Waals surface area contributed by atoms with Gasteiger partial charge >= 0.3 is 0 Å². The predicted molar refractivity (Wildman–Crippen MR) is 91.5 cm³/mol. The number of nitrogens with one attached hydrogen (secondary N) is 1. The fourth-order valence-corrected chi connectivity index (χ4v) is 4.23. The summed E-state index contributed by atoms with van der Waals surface area (Å²) in [6.07, 6.45) is 0.977. The van der Waals surface area contributed by atoms with Crippen LogP contribution in [0, 0.1) is 6.92 Å². The van der Waals surface area contributed by atoms with Gasteiger partial charge < -0.3 is 10.2 Å². The van der Waals surface area contributed by atoms with Crippen LogP contribution in [0.1, 0.15) is 38.0 Å². The quantitative estimate of drug-likeness (QED) is 0.879. The third-order valence-corrected chi connectivity index (χ3v) is 5.64. The summed E-state index contributed by atoms with van der Waals surface area (Å²) < 4.78 is 0. The standard InChI is InChI=1S/C16H22N2OS2/c1-5-12-9-15(21-11(12)2)16(19)17-10-13(18(3)4)14-7-6-8-20-14/h6-9,13H,5,10H2,1-4H3,(H,17,19)/t13-/m0/s1. The Morgan fingerprint density at radius 2 is 2.19 bits per heavy atom. The molecular weight excluding hydrogens is 300 g/mol. The molecule has 1 amide bonds.